The van der Waals surface area contributed by atoms with Gasteiger partial charge in [-0.2, -0.15) is 4.80 Å². The van der Waals surface area contributed by atoms with Crippen LogP contribution in [0.15, 0.2) is 42.5 Å². The molecule has 0 aliphatic rings. The molecule has 1 aromatic heterocycles. The third kappa shape index (κ3) is 3.12. The van der Waals surface area contributed by atoms with Crippen LogP contribution in [0.25, 0.3) is 16.7 Å². The van der Waals surface area contributed by atoms with E-state index in [9.17, 15) is 5.11 Å². The van der Waals surface area contributed by atoms with Crippen LogP contribution in [0, 0.1) is 0 Å². The zero-order valence-corrected chi connectivity index (χ0v) is 14.8. The molecule has 0 bridgehead atoms. The molecule has 0 fully saturated rings. The van der Waals surface area contributed by atoms with Crippen LogP contribution in [0.5, 0.6) is 5.75 Å². The molecule has 0 unspecified atom stereocenters. The molecule has 1 heterocycles. The smallest absolute Gasteiger partial charge is 0.871 e. The second-order valence-corrected chi connectivity index (χ2v) is 5.91. The molecule has 3 aromatic rings. The summed E-state index contributed by atoms with van der Waals surface area (Å²) in [5.41, 5.74) is 3.14. The standard InChI is InChI=1S/C16H17N3O.Na/c1-16(2,3)11-8-9-15(20)14(10-11)19-17-12-6-4-5-7-13(12)18-19;/h4-10,20H,1-3H3;/q;+1/p-1. The summed E-state index contributed by atoms with van der Waals surface area (Å²) in [6, 6.07) is 12.9. The third-order valence-corrected chi connectivity index (χ3v) is 3.33. The number of fused-ring (bicyclic) bond motifs is 1. The molecular weight excluding hydrogens is 273 g/mol. The van der Waals surface area contributed by atoms with Crippen LogP contribution >= 0.6 is 0 Å². The van der Waals surface area contributed by atoms with E-state index >= 15 is 0 Å². The zero-order chi connectivity index (χ0) is 14.3. The van der Waals surface area contributed by atoms with Crippen LogP contribution in [0.2, 0.25) is 0 Å². The normalized spacial score (nSPS) is 11.4. The molecule has 0 amide bonds. The fourth-order valence-electron chi connectivity index (χ4n) is 2.11. The van der Waals surface area contributed by atoms with Crippen LogP contribution in [-0.2, 0) is 5.41 Å². The van der Waals surface area contributed by atoms with Crippen molar-refractivity contribution < 1.29 is 34.7 Å². The number of benzene rings is 2. The monoisotopic (exact) mass is 289 g/mol. The average molecular weight is 289 g/mol. The summed E-state index contributed by atoms with van der Waals surface area (Å²) in [4.78, 5) is 1.43. The van der Waals surface area contributed by atoms with Crippen molar-refractivity contribution in [2.24, 2.45) is 0 Å². The van der Waals surface area contributed by atoms with Gasteiger partial charge in [0.1, 0.15) is 11.0 Å². The van der Waals surface area contributed by atoms with Crippen molar-refractivity contribution in [3.05, 3.63) is 48.0 Å². The van der Waals surface area contributed by atoms with Gasteiger partial charge in [0.15, 0.2) is 0 Å². The first-order chi connectivity index (χ1) is 9.45. The predicted molar refractivity (Wildman–Crippen MR) is 77.0 cm³/mol. The Hall–Kier alpha value is -1.36. The van der Waals surface area contributed by atoms with E-state index in [-0.39, 0.29) is 40.7 Å². The first kappa shape index (κ1) is 16.0. The molecule has 21 heavy (non-hydrogen) atoms. The molecular formula is C16H16N3NaO. The largest absolute Gasteiger partial charge is 1.00 e. The Balaban J connectivity index is 0.00000161. The Morgan fingerprint density at radius 2 is 1.52 bits per heavy atom. The van der Waals surface area contributed by atoms with Crippen molar-refractivity contribution in [1.82, 2.24) is 15.0 Å². The van der Waals surface area contributed by atoms with E-state index in [1.807, 2.05) is 36.4 Å². The molecule has 0 saturated heterocycles. The fraction of sp³-hybridized carbons (Fsp3) is 0.250. The van der Waals surface area contributed by atoms with E-state index in [0.717, 1.165) is 16.6 Å². The first-order valence-corrected chi connectivity index (χ1v) is 6.59. The van der Waals surface area contributed by atoms with Gasteiger partial charge in [-0.1, -0.05) is 50.8 Å². The maximum absolute atomic E-state index is 12.1. The van der Waals surface area contributed by atoms with Gasteiger partial charge in [0, 0.05) is 0 Å². The Labute approximate surface area is 146 Å². The molecule has 4 nitrogen and oxygen atoms in total. The van der Waals surface area contributed by atoms with E-state index in [1.54, 1.807) is 6.07 Å². The van der Waals surface area contributed by atoms with Gasteiger partial charge in [0.25, 0.3) is 0 Å². The van der Waals surface area contributed by atoms with Gasteiger partial charge in [0.2, 0.25) is 0 Å². The Morgan fingerprint density at radius 1 is 0.952 bits per heavy atom. The summed E-state index contributed by atoms with van der Waals surface area (Å²) < 4.78 is 0. The van der Waals surface area contributed by atoms with Crippen LogP contribution in [-0.4, -0.2) is 15.0 Å². The topological polar surface area (TPSA) is 53.8 Å². The molecule has 0 aliphatic carbocycles. The van der Waals surface area contributed by atoms with Gasteiger partial charge >= 0.3 is 29.6 Å². The minimum absolute atomic E-state index is 0. The predicted octanol–water partition coefficient (Wildman–Crippen LogP) is -0.204. The van der Waals surface area contributed by atoms with Crippen LogP contribution < -0.4 is 34.7 Å². The van der Waals surface area contributed by atoms with E-state index in [2.05, 4.69) is 31.0 Å². The molecule has 0 saturated carbocycles. The quantitative estimate of drug-likeness (QED) is 0.583. The molecule has 5 heteroatoms. The van der Waals surface area contributed by atoms with Crippen LogP contribution in [0.4, 0.5) is 0 Å². The second kappa shape index (κ2) is 5.79. The van der Waals surface area contributed by atoms with Gasteiger partial charge in [0.05, 0.1) is 5.69 Å². The molecule has 0 aliphatic heterocycles. The third-order valence-electron chi connectivity index (χ3n) is 3.33. The molecule has 0 radical (unpaired) electrons. The van der Waals surface area contributed by atoms with E-state index in [4.69, 9.17) is 0 Å². The number of nitrogens with zero attached hydrogens (tertiary/aromatic N) is 3. The maximum atomic E-state index is 12.1. The molecule has 0 spiro atoms. The molecule has 0 atom stereocenters. The van der Waals surface area contributed by atoms with Gasteiger partial charge in [-0.15, -0.1) is 10.2 Å². The molecule has 2 aromatic carbocycles. The number of hydrogen-bond acceptors (Lipinski definition) is 3. The summed E-state index contributed by atoms with van der Waals surface area (Å²) in [5, 5.41) is 20.8. The molecule has 102 valence electrons. The number of rotatable bonds is 1. The Bertz CT molecular complexity index is 742. The van der Waals surface area contributed by atoms with Crippen molar-refractivity contribution in [2.45, 2.75) is 26.2 Å². The van der Waals surface area contributed by atoms with Gasteiger partial charge in [-0.05, 0) is 29.2 Å². The van der Waals surface area contributed by atoms with Crippen LogP contribution in [0.3, 0.4) is 0 Å². The second-order valence-electron chi connectivity index (χ2n) is 5.91. The Kier molecular flexibility index (Phi) is 4.42. The molecule has 3 rings (SSSR count). The summed E-state index contributed by atoms with van der Waals surface area (Å²) in [6.07, 6.45) is 0. The van der Waals surface area contributed by atoms with Gasteiger partial charge in [-0.25, -0.2) is 0 Å². The summed E-state index contributed by atoms with van der Waals surface area (Å²) in [7, 11) is 0. The van der Waals surface area contributed by atoms with Crippen molar-refractivity contribution in [3.63, 3.8) is 0 Å². The zero-order valence-electron chi connectivity index (χ0n) is 12.8. The van der Waals surface area contributed by atoms with Crippen molar-refractivity contribution in [2.75, 3.05) is 0 Å². The fourth-order valence-corrected chi connectivity index (χ4v) is 2.11. The number of hydrogen-bond donors (Lipinski definition) is 0. The van der Waals surface area contributed by atoms with Gasteiger partial charge < -0.3 is 5.11 Å². The maximum Gasteiger partial charge on any atom is 1.00 e. The van der Waals surface area contributed by atoms with E-state index < -0.39 is 0 Å². The van der Waals surface area contributed by atoms with Crippen molar-refractivity contribution >= 4 is 11.0 Å². The van der Waals surface area contributed by atoms with E-state index in [1.165, 1.54) is 4.80 Å². The van der Waals surface area contributed by atoms with Crippen molar-refractivity contribution in [1.29, 1.82) is 0 Å². The Morgan fingerprint density at radius 3 is 2.05 bits per heavy atom. The SMILES string of the molecule is CC(C)(C)c1ccc([O-])c(-n2nc3ccccc3n2)c1.[Na+]. The minimum Gasteiger partial charge on any atom is -0.871 e. The van der Waals surface area contributed by atoms with Crippen LogP contribution in [0.1, 0.15) is 26.3 Å². The summed E-state index contributed by atoms with van der Waals surface area (Å²) in [5.74, 6) is -0.0710. The molecule has 0 N–H and O–H groups in total. The van der Waals surface area contributed by atoms with Gasteiger partial charge in [-0.3, -0.25) is 0 Å². The minimum atomic E-state index is -0.0710. The average Bonchev–Trinajstić information content (AvgIpc) is 2.81. The first-order valence-electron chi connectivity index (χ1n) is 6.59. The van der Waals surface area contributed by atoms with E-state index in [0.29, 0.717) is 5.69 Å². The van der Waals surface area contributed by atoms with Crippen molar-refractivity contribution in [3.8, 4) is 11.4 Å². The summed E-state index contributed by atoms with van der Waals surface area (Å²) >= 11 is 0. The summed E-state index contributed by atoms with van der Waals surface area (Å²) in [6.45, 7) is 6.34. The number of aromatic nitrogens is 3.